The largest absolute Gasteiger partial charge is 0.493 e. The zero-order valence-electron chi connectivity index (χ0n) is 12.4. The van der Waals surface area contributed by atoms with E-state index in [1.54, 1.807) is 0 Å². The van der Waals surface area contributed by atoms with Crippen LogP contribution in [0.4, 0.5) is 0 Å². The monoisotopic (exact) mass is 286 g/mol. The molecule has 0 radical (unpaired) electrons. The fourth-order valence-electron chi connectivity index (χ4n) is 1.98. The smallest absolute Gasteiger partial charge is 0.119 e. The van der Waals surface area contributed by atoms with Gasteiger partial charge in [-0.1, -0.05) is 37.3 Å². The maximum absolute atomic E-state index is 9.72. The normalized spacial score (nSPS) is 11.9. The Kier molecular flexibility index (Phi) is 6.10. The molecule has 0 amide bonds. The van der Waals surface area contributed by atoms with E-state index >= 15 is 0 Å². The highest BCUT2D eigenvalue weighted by Gasteiger charge is 2.04. The lowest BCUT2D eigenvalue weighted by molar-refractivity contribution is 0.173. The van der Waals surface area contributed by atoms with Gasteiger partial charge in [-0.3, -0.25) is 0 Å². The number of para-hydroxylation sites is 1. The minimum atomic E-state index is -0.390. The Morgan fingerprint density at radius 2 is 1.43 bits per heavy atom. The lowest BCUT2D eigenvalue weighted by atomic mass is 10.1. The Bertz CT molecular complexity index is 508. The van der Waals surface area contributed by atoms with Gasteiger partial charge in [-0.25, -0.2) is 0 Å². The Hall–Kier alpha value is -2.00. The molecule has 0 aliphatic rings. The molecule has 2 aromatic carbocycles. The van der Waals surface area contributed by atoms with Gasteiger partial charge in [-0.2, -0.15) is 0 Å². The van der Waals surface area contributed by atoms with Gasteiger partial charge in [-0.15, -0.1) is 0 Å². The Labute approximate surface area is 126 Å². The highest BCUT2D eigenvalue weighted by atomic mass is 16.5. The number of benzene rings is 2. The van der Waals surface area contributed by atoms with Gasteiger partial charge in [-0.05, 0) is 36.2 Å². The lowest BCUT2D eigenvalue weighted by Gasteiger charge is -2.10. The fraction of sp³-hybridized carbons (Fsp3) is 0.333. The third-order valence-corrected chi connectivity index (χ3v) is 3.22. The van der Waals surface area contributed by atoms with E-state index < -0.39 is 6.10 Å². The predicted molar refractivity (Wildman–Crippen MR) is 83.7 cm³/mol. The molecule has 0 saturated heterocycles. The van der Waals surface area contributed by atoms with Crippen LogP contribution in [0.15, 0.2) is 54.6 Å². The van der Waals surface area contributed by atoms with E-state index in [2.05, 4.69) is 0 Å². The van der Waals surface area contributed by atoms with E-state index in [-0.39, 0.29) is 0 Å². The summed E-state index contributed by atoms with van der Waals surface area (Å²) in [6.45, 7) is 3.21. The third-order valence-electron chi connectivity index (χ3n) is 3.22. The van der Waals surface area contributed by atoms with E-state index in [1.165, 1.54) is 0 Å². The van der Waals surface area contributed by atoms with Crippen LogP contribution in [0, 0.1) is 0 Å². The molecule has 0 heterocycles. The molecular formula is C18H22O3. The number of aliphatic hydroxyl groups is 1. The highest BCUT2D eigenvalue weighted by Crippen LogP contribution is 2.19. The molecule has 1 atom stereocenters. The van der Waals surface area contributed by atoms with Crippen molar-refractivity contribution in [1.29, 1.82) is 0 Å². The number of aliphatic hydroxyl groups excluding tert-OH is 1. The van der Waals surface area contributed by atoms with E-state index in [4.69, 9.17) is 9.47 Å². The molecule has 3 nitrogen and oxygen atoms in total. The van der Waals surface area contributed by atoms with Gasteiger partial charge in [0.05, 0.1) is 19.3 Å². The van der Waals surface area contributed by atoms with Crippen molar-refractivity contribution in [3.05, 3.63) is 60.2 Å². The van der Waals surface area contributed by atoms with Crippen molar-refractivity contribution in [1.82, 2.24) is 0 Å². The summed E-state index contributed by atoms with van der Waals surface area (Å²) in [4.78, 5) is 0. The molecule has 0 aliphatic heterocycles. The van der Waals surface area contributed by atoms with E-state index in [9.17, 15) is 5.11 Å². The molecule has 0 bridgehead atoms. The summed E-state index contributed by atoms with van der Waals surface area (Å²) in [5.74, 6) is 1.71. The summed E-state index contributed by atoms with van der Waals surface area (Å²) in [5, 5.41) is 9.72. The summed E-state index contributed by atoms with van der Waals surface area (Å²) >= 11 is 0. The molecule has 112 valence electrons. The Morgan fingerprint density at radius 1 is 0.857 bits per heavy atom. The molecule has 0 aliphatic carbocycles. The average Bonchev–Trinajstić information content (AvgIpc) is 2.55. The zero-order chi connectivity index (χ0) is 14.9. The van der Waals surface area contributed by atoms with Crippen LogP contribution in [0.5, 0.6) is 11.5 Å². The van der Waals surface area contributed by atoms with Crippen molar-refractivity contribution < 1.29 is 14.6 Å². The number of hydrogen-bond acceptors (Lipinski definition) is 3. The standard InChI is InChI=1S/C18H22O3/c1-2-18(19)15-9-11-17(12-10-15)21-14-6-13-20-16-7-4-3-5-8-16/h3-5,7-12,18-19H,2,6,13-14H2,1H3/t18-/m1/s1. The summed E-state index contributed by atoms with van der Waals surface area (Å²) in [6.07, 6.45) is 1.16. The van der Waals surface area contributed by atoms with Crippen LogP contribution in [0.1, 0.15) is 31.4 Å². The second-order valence-electron chi connectivity index (χ2n) is 4.86. The molecule has 0 unspecified atom stereocenters. The third kappa shape index (κ3) is 5.12. The molecule has 3 heteroatoms. The second-order valence-corrected chi connectivity index (χ2v) is 4.86. The molecule has 0 spiro atoms. The zero-order valence-corrected chi connectivity index (χ0v) is 12.4. The van der Waals surface area contributed by atoms with Gasteiger partial charge in [0.1, 0.15) is 11.5 Å². The maximum atomic E-state index is 9.72. The number of ether oxygens (including phenoxy) is 2. The molecule has 2 rings (SSSR count). The van der Waals surface area contributed by atoms with E-state index in [0.717, 1.165) is 29.9 Å². The first-order valence-corrected chi connectivity index (χ1v) is 7.38. The van der Waals surface area contributed by atoms with Gasteiger partial charge in [0, 0.05) is 6.42 Å². The summed E-state index contributed by atoms with van der Waals surface area (Å²) < 4.78 is 11.2. The average molecular weight is 286 g/mol. The van der Waals surface area contributed by atoms with Crippen LogP contribution in [-0.4, -0.2) is 18.3 Å². The SMILES string of the molecule is CC[C@@H](O)c1ccc(OCCCOc2ccccc2)cc1. The van der Waals surface area contributed by atoms with Crippen LogP contribution < -0.4 is 9.47 Å². The predicted octanol–water partition coefficient (Wildman–Crippen LogP) is 3.98. The Balaban J connectivity index is 1.67. The van der Waals surface area contributed by atoms with Crippen molar-refractivity contribution in [2.45, 2.75) is 25.9 Å². The first-order valence-electron chi connectivity index (χ1n) is 7.38. The highest BCUT2D eigenvalue weighted by molar-refractivity contribution is 5.28. The first kappa shape index (κ1) is 15.4. The van der Waals surface area contributed by atoms with Crippen molar-refractivity contribution in [3.8, 4) is 11.5 Å². The van der Waals surface area contributed by atoms with Crippen LogP contribution in [0.3, 0.4) is 0 Å². The van der Waals surface area contributed by atoms with Crippen LogP contribution in [0.25, 0.3) is 0 Å². The summed E-state index contributed by atoms with van der Waals surface area (Å²) in [6, 6.07) is 17.4. The fourth-order valence-corrected chi connectivity index (χ4v) is 1.98. The quantitative estimate of drug-likeness (QED) is 0.746. The lowest BCUT2D eigenvalue weighted by Crippen LogP contribution is -2.05. The van der Waals surface area contributed by atoms with Gasteiger partial charge in [0.25, 0.3) is 0 Å². The molecule has 0 aromatic heterocycles. The van der Waals surface area contributed by atoms with Crippen molar-refractivity contribution in [2.75, 3.05) is 13.2 Å². The van der Waals surface area contributed by atoms with E-state index in [1.807, 2.05) is 61.5 Å². The van der Waals surface area contributed by atoms with Gasteiger partial charge >= 0.3 is 0 Å². The van der Waals surface area contributed by atoms with Gasteiger partial charge in [0.2, 0.25) is 0 Å². The Morgan fingerprint density at radius 3 is 2.00 bits per heavy atom. The molecule has 0 saturated carbocycles. The molecule has 2 aromatic rings. The number of hydrogen-bond donors (Lipinski definition) is 1. The van der Waals surface area contributed by atoms with Crippen molar-refractivity contribution in [3.63, 3.8) is 0 Å². The maximum Gasteiger partial charge on any atom is 0.119 e. The number of rotatable bonds is 8. The minimum Gasteiger partial charge on any atom is -0.493 e. The van der Waals surface area contributed by atoms with Crippen molar-refractivity contribution in [2.24, 2.45) is 0 Å². The van der Waals surface area contributed by atoms with Crippen LogP contribution >= 0.6 is 0 Å². The molecular weight excluding hydrogens is 264 g/mol. The topological polar surface area (TPSA) is 38.7 Å². The van der Waals surface area contributed by atoms with Gasteiger partial charge in [0.15, 0.2) is 0 Å². The van der Waals surface area contributed by atoms with Crippen molar-refractivity contribution >= 4 is 0 Å². The minimum absolute atomic E-state index is 0.390. The van der Waals surface area contributed by atoms with E-state index in [0.29, 0.717) is 13.2 Å². The molecule has 0 fully saturated rings. The summed E-state index contributed by atoms with van der Waals surface area (Å²) in [5.41, 5.74) is 0.928. The molecule has 21 heavy (non-hydrogen) atoms. The molecule has 1 N–H and O–H groups in total. The second kappa shape index (κ2) is 8.32. The van der Waals surface area contributed by atoms with Gasteiger partial charge < -0.3 is 14.6 Å². The summed E-state index contributed by atoms with van der Waals surface area (Å²) in [7, 11) is 0. The first-order chi connectivity index (χ1) is 10.3. The van der Waals surface area contributed by atoms with Crippen LogP contribution in [-0.2, 0) is 0 Å². The van der Waals surface area contributed by atoms with Crippen LogP contribution in [0.2, 0.25) is 0 Å².